The quantitative estimate of drug-likeness (QED) is 0.495. The van der Waals surface area contributed by atoms with Crippen LogP contribution in [0.4, 0.5) is 0 Å². The van der Waals surface area contributed by atoms with Crippen LogP contribution in [-0.4, -0.2) is 21.6 Å². The van der Waals surface area contributed by atoms with Crippen LogP contribution in [-0.2, 0) is 6.54 Å². The molecule has 0 saturated carbocycles. The Kier molecular flexibility index (Phi) is 4.13. The molecule has 2 aliphatic heterocycles. The number of aliphatic imine (C=N–C) groups is 2. The van der Waals surface area contributed by atoms with Gasteiger partial charge in [0.05, 0.1) is 29.2 Å². The van der Waals surface area contributed by atoms with Crippen LogP contribution in [0.1, 0.15) is 11.1 Å². The second-order valence-corrected chi connectivity index (χ2v) is 7.97. The highest BCUT2D eigenvalue weighted by Crippen LogP contribution is 2.37. The zero-order valence-electron chi connectivity index (χ0n) is 17.3. The highest BCUT2D eigenvalue weighted by molar-refractivity contribution is 6.03. The second-order valence-electron chi connectivity index (χ2n) is 7.97. The van der Waals surface area contributed by atoms with Gasteiger partial charge in [-0.2, -0.15) is 10.8 Å². The van der Waals surface area contributed by atoms with E-state index < -0.39 is 0 Å². The molecule has 1 aliphatic carbocycles. The molecule has 0 radical (unpaired) electrons. The number of benzene rings is 2. The van der Waals surface area contributed by atoms with Crippen LogP contribution in [0.2, 0.25) is 0 Å². The predicted molar refractivity (Wildman–Crippen MR) is 128 cm³/mol. The van der Waals surface area contributed by atoms with Crippen LogP contribution < -0.4 is 11.6 Å². The van der Waals surface area contributed by atoms with E-state index >= 15 is 0 Å². The Hall–Kier alpha value is -3.97. The molecule has 0 bridgehead atoms. The molecule has 6 rings (SSSR count). The van der Waals surface area contributed by atoms with E-state index in [1.54, 1.807) is 12.4 Å². The summed E-state index contributed by atoms with van der Waals surface area (Å²) in [4.78, 5) is 14.2. The van der Waals surface area contributed by atoms with E-state index in [-0.39, 0.29) is 4.59 Å². The number of aromatic nitrogens is 1. The Morgan fingerprint density at radius 3 is 2.56 bits per heavy atom. The molecule has 1 unspecified atom stereocenters. The molecule has 1 atom stereocenters. The number of pyridine rings is 1. The molecule has 2 aromatic carbocycles. The number of quaternary nitrogens is 1. The summed E-state index contributed by atoms with van der Waals surface area (Å²) in [7, 11) is 0. The van der Waals surface area contributed by atoms with Gasteiger partial charge in [0, 0.05) is 23.1 Å². The monoisotopic (exact) mass is 417 g/mol. The summed E-state index contributed by atoms with van der Waals surface area (Å²) >= 11 is 0. The molecule has 32 heavy (non-hydrogen) atoms. The molecule has 0 fully saturated rings. The van der Waals surface area contributed by atoms with Crippen molar-refractivity contribution >= 4 is 23.0 Å². The number of allylic oxidation sites excluding steroid dienone is 4. The fraction of sp³-hybridized carbons (Fsp3) is 0.0385. The van der Waals surface area contributed by atoms with E-state index in [4.69, 9.17) is 21.6 Å². The van der Waals surface area contributed by atoms with E-state index in [0.717, 1.165) is 56.1 Å². The van der Waals surface area contributed by atoms with Gasteiger partial charge in [0.1, 0.15) is 11.9 Å². The summed E-state index contributed by atoms with van der Waals surface area (Å²) in [5.74, 6) is 7.59. The van der Waals surface area contributed by atoms with Gasteiger partial charge in [0.25, 0.3) is 5.84 Å². The highest BCUT2D eigenvalue weighted by Gasteiger charge is 2.44. The second kappa shape index (κ2) is 7.03. The van der Waals surface area contributed by atoms with Crippen molar-refractivity contribution in [3.63, 3.8) is 0 Å². The first-order valence-corrected chi connectivity index (χ1v) is 10.5. The number of nitrogens with zero attached hydrogens (tertiary/aromatic N) is 4. The maximum Gasteiger partial charge on any atom is 0.265 e. The standard InChI is InChI=1S/C26H21N6/c27-15-20-14-22(17-5-2-1-3-6-17)30-23-13-19(9-10-21(20)23)26-31-25(18-7-4-8-18)24-16-29-11-12-32(24,26)28/h1-14,16H,15,27-28H2/q+1. The van der Waals surface area contributed by atoms with Gasteiger partial charge in [0.15, 0.2) is 0 Å². The van der Waals surface area contributed by atoms with E-state index in [2.05, 4.69) is 35.3 Å². The number of amidine groups is 1. The Morgan fingerprint density at radius 1 is 0.969 bits per heavy atom. The lowest BCUT2D eigenvalue weighted by molar-refractivity contribution is -0.750. The van der Waals surface area contributed by atoms with Crippen molar-refractivity contribution in [1.29, 1.82) is 0 Å². The summed E-state index contributed by atoms with van der Waals surface area (Å²) in [5, 5.41) is 1.03. The third-order valence-corrected chi connectivity index (χ3v) is 6.06. The van der Waals surface area contributed by atoms with Crippen molar-refractivity contribution in [2.24, 2.45) is 21.6 Å². The Morgan fingerprint density at radius 2 is 1.81 bits per heavy atom. The predicted octanol–water partition coefficient (Wildman–Crippen LogP) is 4.07. The molecule has 0 amide bonds. The highest BCUT2D eigenvalue weighted by atomic mass is 15.6. The van der Waals surface area contributed by atoms with Gasteiger partial charge in [-0.25, -0.2) is 4.98 Å². The van der Waals surface area contributed by atoms with Crippen LogP contribution in [0, 0.1) is 0 Å². The third-order valence-electron chi connectivity index (χ3n) is 6.06. The maximum atomic E-state index is 6.85. The average molecular weight is 417 g/mol. The SMILES string of the molecule is NCc1cc(-c2ccccc2)nc2cc(C3=NC(C4=CC=C4)=C4C=NC=C[N+]34N)ccc12. The first kappa shape index (κ1) is 18.8. The molecule has 0 spiro atoms. The normalized spacial score (nSPS) is 20.9. The minimum atomic E-state index is -0.0162. The molecule has 154 valence electrons. The molecule has 3 heterocycles. The lowest BCUT2D eigenvalue weighted by atomic mass is 10.0. The molecule has 6 heteroatoms. The van der Waals surface area contributed by atoms with Gasteiger partial charge >= 0.3 is 0 Å². The van der Waals surface area contributed by atoms with Gasteiger partial charge in [-0.1, -0.05) is 54.6 Å². The van der Waals surface area contributed by atoms with Crippen molar-refractivity contribution in [3.8, 4) is 11.3 Å². The summed E-state index contributed by atoms with van der Waals surface area (Å²) in [6.45, 7) is 0.436. The summed E-state index contributed by atoms with van der Waals surface area (Å²) in [6, 6.07) is 18.4. The van der Waals surface area contributed by atoms with E-state index in [9.17, 15) is 0 Å². The van der Waals surface area contributed by atoms with Gasteiger partial charge in [-0.05, 0) is 23.8 Å². The smallest absolute Gasteiger partial charge is 0.265 e. The van der Waals surface area contributed by atoms with E-state index in [0.29, 0.717) is 6.54 Å². The van der Waals surface area contributed by atoms with Crippen molar-refractivity contribution in [3.05, 3.63) is 113 Å². The third kappa shape index (κ3) is 2.75. The van der Waals surface area contributed by atoms with Crippen LogP contribution in [0.5, 0.6) is 0 Å². The molecule has 6 nitrogen and oxygen atoms in total. The molecular weight excluding hydrogens is 396 g/mol. The van der Waals surface area contributed by atoms with Crippen LogP contribution >= 0.6 is 0 Å². The zero-order valence-corrected chi connectivity index (χ0v) is 17.3. The fourth-order valence-corrected chi connectivity index (χ4v) is 4.31. The molecule has 4 N–H and O–H groups in total. The molecule has 1 aromatic heterocycles. The Balaban J connectivity index is 1.51. The van der Waals surface area contributed by atoms with Crippen molar-refractivity contribution < 1.29 is 4.59 Å². The fourth-order valence-electron chi connectivity index (χ4n) is 4.31. The van der Waals surface area contributed by atoms with Crippen molar-refractivity contribution in [2.45, 2.75) is 6.54 Å². The lowest BCUT2D eigenvalue weighted by Gasteiger charge is -2.26. The van der Waals surface area contributed by atoms with Gasteiger partial charge < -0.3 is 5.73 Å². The number of hydrogen-bond donors (Lipinski definition) is 2. The lowest BCUT2D eigenvalue weighted by Crippen LogP contribution is -2.53. The van der Waals surface area contributed by atoms with Gasteiger partial charge in [-0.3, -0.25) is 4.99 Å². The summed E-state index contributed by atoms with van der Waals surface area (Å²) in [6.07, 6.45) is 11.4. The van der Waals surface area contributed by atoms with E-state index in [1.807, 2.05) is 48.7 Å². The number of rotatable bonds is 4. The first-order valence-electron chi connectivity index (χ1n) is 10.5. The largest absolute Gasteiger partial charge is 0.326 e. The zero-order chi connectivity index (χ0) is 21.7. The molecule has 0 saturated heterocycles. The number of fused-ring (bicyclic) bond motifs is 2. The minimum Gasteiger partial charge on any atom is -0.326 e. The topological polar surface area (TPSA) is 89.6 Å². The Bertz CT molecular complexity index is 1460. The molecular formula is C26H21N6+. The maximum absolute atomic E-state index is 6.85. The van der Waals surface area contributed by atoms with Crippen molar-refractivity contribution in [1.82, 2.24) is 4.98 Å². The number of nitrogens with two attached hydrogens (primary N) is 2. The van der Waals surface area contributed by atoms with Crippen LogP contribution in [0.15, 0.2) is 112 Å². The Labute approximate surface area is 185 Å². The van der Waals surface area contributed by atoms with E-state index in [1.165, 1.54) is 0 Å². The van der Waals surface area contributed by atoms with Crippen molar-refractivity contribution in [2.75, 3.05) is 0 Å². The molecule has 3 aromatic rings. The summed E-state index contributed by atoms with van der Waals surface area (Å²) < 4.78 is -0.0162. The van der Waals surface area contributed by atoms with Gasteiger partial charge in [-0.15, -0.1) is 4.59 Å². The first-order chi connectivity index (χ1) is 15.7. The van der Waals surface area contributed by atoms with Crippen LogP contribution in [0.25, 0.3) is 22.2 Å². The number of hydrogen-bond acceptors (Lipinski definition) is 5. The van der Waals surface area contributed by atoms with Crippen LogP contribution in [0.3, 0.4) is 0 Å². The summed E-state index contributed by atoms with van der Waals surface area (Å²) in [5.41, 5.74) is 13.6. The van der Waals surface area contributed by atoms with Gasteiger partial charge in [0.2, 0.25) is 5.70 Å². The molecule has 3 aliphatic rings. The average Bonchev–Trinajstić information content (AvgIpc) is 3.10. The minimum absolute atomic E-state index is 0.0162.